The summed E-state index contributed by atoms with van der Waals surface area (Å²) in [4.78, 5) is 13.7. The summed E-state index contributed by atoms with van der Waals surface area (Å²) in [6, 6.07) is 11.7. The molecule has 0 aliphatic heterocycles. The van der Waals surface area contributed by atoms with Gasteiger partial charge in [-0.1, -0.05) is 6.07 Å². The summed E-state index contributed by atoms with van der Waals surface area (Å²) in [6.07, 6.45) is 7.37. The first-order valence-electron chi connectivity index (χ1n) is 10.8. The van der Waals surface area contributed by atoms with E-state index in [1.165, 1.54) is 0 Å². The maximum absolute atomic E-state index is 5.36. The van der Waals surface area contributed by atoms with Crippen molar-refractivity contribution in [2.75, 3.05) is 19.5 Å². The topological polar surface area (TPSA) is 104 Å². The second-order valence-electron chi connectivity index (χ2n) is 7.92. The van der Waals surface area contributed by atoms with E-state index in [0.717, 1.165) is 22.5 Å². The molecule has 34 heavy (non-hydrogen) atoms. The third-order valence-electron chi connectivity index (χ3n) is 5.28. The van der Waals surface area contributed by atoms with Crippen molar-refractivity contribution in [1.82, 2.24) is 34.3 Å². The highest BCUT2D eigenvalue weighted by Gasteiger charge is 2.12. The fourth-order valence-electron chi connectivity index (χ4n) is 3.52. The molecular weight excluding hydrogens is 432 g/mol. The van der Waals surface area contributed by atoms with E-state index in [2.05, 4.69) is 34.3 Å². The lowest BCUT2D eigenvalue weighted by Crippen LogP contribution is -1.99. The van der Waals surface area contributed by atoms with E-state index in [-0.39, 0.29) is 0 Å². The minimum atomic E-state index is 0.292. The first-order valence-corrected chi connectivity index (χ1v) is 10.8. The molecule has 0 aliphatic rings. The van der Waals surface area contributed by atoms with Crippen molar-refractivity contribution < 1.29 is 9.47 Å². The Morgan fingerprint density at radius 2 is 1.76 bits per heavy atom. The number of nitrogens with zero attached hydrogens (tertiary/aromatic N) is 7. The van der Waals surface area contributed by atoms with Crippen LogP contribution in [0.2, 0.25) is 0 Å². The number of anilines is 2. The third-order valence-corrected chi connectivity index (χ3v) is 5.28. The number of ether oxygens (including phenoxy) is 2. The zero-order valence-corrected chi connectivity index (χ0v) is 19.3. The molecular formula is C24H24N8O2. The van der Waals surface area contributed by atoms with E-state index in [4.69, 9.17) is 19.4 Å². The zero-order chi connectivity index (χ0) is 23.7. The highest BCUT2D eigenvalue weighted by Crippen LogP contribution is 2.29. The van der Waals surface area contributed by atoms with E-state index < -0.39 is 0 Å². The molecule has 0 spiro atoms. The minimum absolute atomic E-state index is 0.292. The number of rotatable bonds is 7. The molecule has 1 N–H and O–H groups in total. The number of fused-ring (bicyclic) bond motifs is 1. The fraction of sp³-hybridized carbons (Fsp3) is 0.208. The molecule has 0 fully saturated rings. The highest BCUT2D eigenvalue weighted by molar-refractivity contribution is 5.66. The number of hydrogen-bond acceptors (Lipinski definition) is 8. The monoisotopic (exact) mass is 456 g/mol. The summed E-state index contributed by atoms with van der Waals surface area (Å²) in [7, 11) is 3.13. The fourth-order valence-corrected chi connectivity index (χ4v) is 3.52. The molecule has 0 amide bonds. The summed E-state index contributed by atoms with van der Waals surface area (Å²) < 4.78 is 14.2. The van der Waals surface area contributed by atoms with Crippen LogP contribution in [0.3, 0.4) is 0 Å². The SMILES string of the molecule is COc1cc(-c2ccn3nc(Nc4cccc(-c5cnn(C(C)C)c5)n4)cc3n2)cnc1OC. The van der Waals surface area contributed by atoms with Gasteiger partial charge in [0, 0.05) is 41.8 Å². The van der Waals surface area contributed by atoms with E-state index in [1.54, 1.807) is 24.9 Å². The summed E-state index contributed by atoms with van der Waals surface area (Å²) in [5, 5.41) is 12.2. The Kier molecular flexibility index (Phi) is 5.54. The average molecular weight is 457 g/mol. The first kappa shape index (κ1) is 21.4. The van der Waals surface area contributed by atoms with Crippen LogP contribution in [-0.2, 0) is 0 Å². The quantitative estimate of drug-likeness (QED) is 0.384. The van der Waals surface area contributed by atoms with Crippen LogP contribution in [0.4, 0.5) is 11.6 Å². The first-order chi connectivity index (χ1) is 16.5. The van der Waals surface area contributed by atoms with Crippen molar-refractivity contribution in [2.45, 2.75) is 19.9 Å². The van der Waals surface area contributed by atoms with E-state index in [0.29, 0.717) is 35.0 Å². The molecule has 10 nitrogen and oxygen atoms in total. The van der Waals surface area contributed by atoms with Gasteiger partial charge in [-0.3, -0.25) is 4.68 Å². The largest absolute Gasteiger partial charge is 0.491 e. The summed E-state index contributed by atoms with van der Waals surface area (Å²) >= 11 is 0. The van der Waals surface area contributed by atoms with Gasteiger partial charge in [0.2, 0.25) is 0 Å². The third kappa shape index (κ3) is 4.13. The lowest BCUT2D eigenvalue weighted by atomic mass is 10.2. The predicted octanol–water partition coefficient (Wildman–Crippen LogP) is 4.39. The van der Waals surface area contributed by atoms with Gasteiger partial charge in [-0.2, -0.15) is 5.10 Å². The molecule has 0 bridgehead atoms. The lowest BCUT2D eigenvalue weighted by Gasteiger charge is -2.08. The molecule has 0 aromatic carbocycles. The second kappa shape index (κ2) is 8.81. The van der Waals surface area contributed by atoms with Crippen LogP contribution < -0.4 is 14.8 Å². The average Bonchev–Trinajstić information content (AvgIpc) is 3.50. The second-order valence-corrected chi connectivity index (χ2v) is 7.92. The van der Waals surface area contributed by atoms with Crippen LogP contribution in [0.1, 0.15) is 19.9 Å². The van der Waals surface area contributed by atoms with Gasteiger partial charge in [-0.05, 0) is 38.1 Å². The molecule has 5 aromatic heterocycles. The molecule has 0 saturated heterocycles. The summed E-state index contributed by atoms with van der Waals surface area (Å²) in [6.45, 7) is 4.18. The van der Waals surface area contributed by atoms with Crippen LogP contribution in [0, 0.1) is 0 Å². The van der Waals surface area contributed by atoms with Crippen molar-refractivity contribution in [3.8, 4) is 34.1 Å². The van der Waals surface area contributed by atoms with Gasteiger partial charge in [0.1, 0.15) is 5.82 Å². The molecule has 0 radical (unpaired) electrons. The van der Waals surface area contributed by atoms with Crippen LogP contribution in [0.5, 0.6) is 11.6 Å². The molecule has 10 heteroatoms. The molecule has 5 heterocycles. The van der Waals surface area contributed by atoms with Crippen molar-refractivity contribution in [3.05, 3.63) is 61.2 Å². The number of hydrogen-bond donors (Lipinski definition) is 1. The van der Waals surface area contributed by atoms with Crippen molar-refractivity contribution in [2.24, 2.45) is 0 Å². The van der Waals surface area contributed by atoms with Gasteiger partial charge in [0.25, 0.3) is 5.88 Å². The van der Waals surface area contributed by atoms with Gasteiger partial charge >= 0.3 is 0 Å². The molecule has 172 valence electrons. The molecule has 5 rings (SSSR count). The van der Waals surface area contributed by atoms with Crippen LogP contribution in [-0.4, -0.2) is 48.6 Å². The van der Waals surface area contributed by atoms with E-state index in [1.807, 2.05) is 59.7 Å². The van der Waals surface area contributed by atoms with Gasteiger partial charge in [0.15, 0.2) is 17.2 Å². The summed E-state index contributed by atoms with van der Waals surface area (Å²) in [5.74, 6) is 2.29. The Morgan fingerprint density at radius 3 is 2.53 bits per heavy atom. The Hall–Kier alpha value is -4.47. The molecule has 0 saturated carbocycles. The van der Waals surface area contributed by atoms with Gasteiger partial charge in [-0.25, -0.2) is 19.5 Å². The van der Waals surface area contributed by atoms with Crippen molar-refractivity contribution in [1.29, 1.82) is 0 Å². The minimum Gasteiger partial charge on any atom is -0.491 e. The Morgan fingerprint density at radius 1 is 0.912 bits per heavy atom. The summed E-state index contributed by atoms with van der Waals surface area (Å²) in [5.41, 5.74) is 4.04. The van der Waals surface area contributed by atoms with E-state index in [9.17, 15) is 0 Å². The number of pyridine rings is 2. The predicted molar refractivity (Wildman–Crippen MR) is 128 cm³/mol. The smallest absolute Gasteiger partial charge is 0.256 e. The van der Waals surface area contributed by atoms with Gasteiger partial charge in [0.05, 0.1) is 31.8 Å². The number of aromatic nitrogens is 7. The maximum atomic E-state index is 5.36. The van der Waals surface area contributed by atoms with Crippen LogP contribution in [0.25, 0.3) is 28.2 Å². The zero-order valence-electron chi connectivity index (χ0n) is 19.3. The van der Waals surface area contributed by atoms with E-state index >= 15 is 0 Å². The van der Waals surface area contributed by atoms with Crippen molar-refractivity contribution >= 4 is 17.3 Å². The number of nitrogens with one attached hydrogen (secondary N) is 1. The van der Waals surface area contributed by atoms with Gasteiger partial charge in [-0.15, -0.1) is 5.10 Å². The van der Waals surface area contributed by atoms with Crippen molar-refractivity contribution in [3.63, 3.8) is 0 Å². The lowest BCUT2D eigenvalue weighted by molar-refractivity contribution is 0.343. The van der Waals surface area contributed by atoms with Crippen LogP contribution in [0.15, 0.2) is 61.2 Å². The normalized spacial score (nSPS) is 11.2. The standard InChI is InChI=1S/C24H24N8O2/c1-15(2)32-14-17(13-26-32)18-6-5-7-21(27-18)29-22-11-23-28-19(8-9-31(23)30-22)16-10-20(33-3)24(34-4)25-12-16/h5-15H,1-4H3,(H,27,29,30). The van der Waals surface area contributed by atoms with Crippen LogP contribution >= 0.6 is 0 Å². The molecule has 5 aromatic rings. The Balaban J connectivity index is 1.40. The molecule has 0 unspecified atom stereocenters. The van der Waals surface area contributed by atoms with Gasteiger partial charge < -0.3 is 14.8 Å². The molecule has 0 aliphatic carbocycles. The highest BCUT2D eigenvalue weighted by atomic mass is 16.5. The Bertz CT molecular complexity index is 1460. The number of methoxy groups -OCH3 is 2. The maximum Gasteiger partial charge on any atom is 0.256 e. The molecule has 0 atom stereocenters. The Labute approximate surface area is 196 Å².